The maximum absolute atomic E-state index is 12.4. The van der Waals surface area contributed by atoms with Crippen LogP contribution in [0.2, 0.25) is 0 Å². The maximum Gasteiger partial charge on any atom is 0.326 e. The van der Waals surface area contributed by atoms with Gasteiger partial charge in [-0.25, -0.2) is 0 Å². The SMILES string of the molecule is COc1ccc([N+](=O)[O-])cc1NC(=O)[C@H](C)OC(=O)CN1C(=O)[C@@H]2CC=CC[C@H]2C1=O. The second-order valence-electron chi connectivity index (χ2n) is 7.18. The van der Waals surface area contributed by atoms with Crippen molar-refractivity contribution in [2.75, 3.05) is 19.0 Å². The van der Waals surface area contributed by atoms with Gasteiger partial charge in [0.05, 0.1) is 29.6 Å². The summed E-state index contributed by atoms with van der Waals surface area (Å²) >= 11 is 0. The van der Waals surface area contributed by atoms with Crippen molar-refractivity contribution in [2.24, 2.45) is 11.8 Å². The number of anilines is 1. The molecule has 0 saturated carbocycles. The van der Waals surface area contributed by atoms with E-state index in [2.05, 4.69) is 5.32 Å². The third-order valence-electron chi connectivity index (χ3n) is 5.22. The highest BCUT2D eigenvalue weighted by atomic mass is 16.6. The van der Waals surface area contributed by atoms with E-state index in [0.717, 1.165) is 11.0 Å². The lowest BCUT2D eigenvalue weighted by molar-refractivity contribution is -0.384. The molecule has 1 saturated heterocycles. The molecule has 0 aromatic heterocycles. The maximum atomic E-state index is 12.4. The summed E-state index contributed by atoms with van der Waals surface area (Å²) in [6, 6.07) is 3.65. The molecule has 0 bridgehead atoms. The van der Waals surface area contributed by atoms with Crippen LogP contribution in [0.15, 0.2) is 30.4 Å². The lowest BCUT2D eigenvalue weighted by Crippen LogP contribution is -2.39. The Balaban J connectivity index is 1.61. The van der Waals surface area contributed by atoms with Gasteiger partial charge in [0.1, 0.15) is 12.3 Å². The quantitative estimate of drug-likeness (QED) is 0.224. The van der Waals surface area contributed by atoms with E-state index in [1.807, 2.05) is 12.2 Å². The largest absolute Gasteiger partial charge is 0.495 e. The first-order valence-corrected chi connectivity index (χ1v) is 9.56. The lowest BCUT2D eigenvalue weighted by Gasteiger charge is -2.17. The summed E-state index contributed by atoms with van der Waals surface area (Å²) in [5, 5.41) is 13.4. The van der Waals surface area contributed by atoms with Crippen molar-refractivity contribution >= 4 is 35.1 Å². The fourth-order valence-corrected chi connectivity index (χ4v) is 3.58. The molecule has 1 fully saturated rings. The topological polar surface area (TPSA) is 145 Å². The molecule has 1 aliphatic heterocycles. The van der Waals surface area contributed by atoms with Crippen LogP contribution < -0.4 is 10.1 Å². The molecule has 11 heteroatoms. The van der Waals surface area contributed by atoms with Crippen molar-refractivity contribution < 1.29 is 33.6 Å². The Morgan fingerprint density at radius 2 is 1.84 bits per heavy atom. The van der Waals surface area contributed by atoms with Crippen LogP contribution in [0.3, 0.4) is 0 Å². The summed E-state index contributed by atoms with van der Waals surface area (Å²) in [6.07, 6.45) is 3.29. The number of hydrogen-bond donors (Lipinski definition) is 1. The Morgan fingerprint density at radius 3 is 2.39 bits per heavy atom. The van der Waals surface area contributed by atoms with E-state index >= 15 is 0 Å². The average Bonchev–Trinajstić information content (AvgIpc) is 2.98. The molecule has 3 amide bonds. The number of non-ortho nitro benzene ring substituents is 1. The summed E-state index contributed by atoms with van der Waals surface area (Å²) in [5.74, 6) is -3.27. The van der Waals surface area contributed by atoms with Crippen molar-refractivity contribution in [1.82, 2.24) is 4.90 Å². The van der Waals surface area contributed by atoms with Crippen LogP contribution in [0.4, 0.5) is 11.4 Å². The molecule has 1 N–H and O–H groups in total. The van der Waals surface area contributed by atoms with Gasteiger partial charge in [0.2, 0.25) is 11.8 Å². The van der Waals surface area contributed by atoms with Crippen LogP contribution in [-0.2, 0) is 23.9 Å². The fourth-order valence-electron chi connectivity index (χ4n) is 3.58. The number of nitro benzene ring substituents is 1. The second-order valence-corrected chi connectivity index (χ2v) is 7.18. The smallest absolute Gasteiger partial charge is 0.326 e. The fraction of sp³-hybridized carbons (Fsp3) is 0.400. The number of benzene rings is 1. The van der Waals surface area contributed by atoms with E-state index < -0.39 is 53.1 Å². The third kappa shape index (κ3) is 4.55. The number of carbonyl (C=O) groups is 4. The van der Waals surface area contributed by atoms with Gasteiger partial charge in [-0.1, -0.05) is 12.2 Å². The number of likely N-dealkylation sites (tertiary alicyclic amines) is 1. The Bertz CT molecular complexity index is 947. The van der Waals surface area contributed by atoms with Crippen LogP contribution in [0.1, 0.15) is 19.8 Å². The molecule has 11 nitrogen and oxygen atoms in total. The van der Waals surface area contributed by atoms with Crippen molar-refractivity contribution in [3.63, 3.8) is 0 Å². The highest BCUT2D eigenvalue weighted by Gasteiger charge is 2.47. The van der Waals surface area contributed by atoms with E-state index in [4.69, 9.17) is 9.47 Å². The van der Waals surface area contributed by atoms with Gasteiger partial charge in [0, 0.05) is 12.1 Å². The number of carbonyl (C=O) groups excluding carboxylic acids is 4. The van der Waals surface area contributed by atoms with Gasteiger partial charge in [0.15, 0.2) is 6.10 Å². The molecule has 0 radical (unpaired) electrons. The monoisotopic (exact) mass is 431 g/mol. The van der Waals surface area contributed by atoms with Crippen molar-refractivity contribution in [2.45, 2.75) is 25.9 Å². The number of imide groups is 1. The molecule has 1 aliphatic carbocycles. The Morgan fingerprint density at radius 1 is 1.23 bits per heavy atom. The summed E-state index contributed by atoms with van der Waals surface area (Å²) in [7, 11) is 1.33. The van der Waals surface area contributed by atoms with E-state index in [9.17, 15) is 29.3 Å². The summed E-state index contributed by atoms with van der Waals surface area (Å²) in [6.45, 7) is 0.719. The van der Waals surface area contributed by atoms with Gasteiger partial charge in [-0.3, -0.25) is 34.2 Å². The van der Waals surface area contributed by atoms with Crippen LogP contribution in [0.5, 0.6) is 5.75 Å². The Labute approximate surface area is 177 Å². The number of methoxy groups -OCH3 is 1. The van der Waals surface area contributed by atoms with Crippen LogP contribution >= 0.6 is 0 Å². The lowest BCUT2D eigenvalue weighted by atomic mass is 9.85. The van der Waals surface area contributed by atoms with Crippen molar-refractivity contribution in [1.29, 1.82) is 0 Å². The van der Waals surface area contributed by atoms with Crippen LogP contribution in [0.25, 0.3) is 0 Å². The molecule has 3 rings (SSSR count). The number of nitrogens with one attached hydrogen (secondary N) is 1. The number of amides is 3. The number of rotatable bonds is 7. The van der Waals surface area contributed by atoms with Gasteiger partial charge in [0.25, 0.3) is 11.6 Å². The minimum absolute atomic E-state index is 0.0334. The molecule has 1 aromatic rings. The number of hydrogen-bond acceptors (Lipinski definition) is 8. The number of fused-ring (bicyclic) bond motifs is 1. The minimum atomic E-state index is -1.28. The molecule has 1 heterocycles. The van der Waals surface area contributed by atoms with Crippen LogP contribution in [-0.4, -0.2) is 53.3 Å². The zero-order valence-corrected chi connectivity index (χ0v) is 16.9. The number of allylic oxidation sites excluding steroid dienone is 2. The first-order chi connectivity index (χ1) is 14.7. The normalized spacial score (nSPS) is 20.8. The highest BCUT2D eigenvalue weighted by molar-refractivity contribution is 6.07. The molecular weight excluding hydrogens is 410 g/mol. The van der Waals surface area contributed by atoms with Gasteiger partial charge >= 0.3 is 5.97 Å². The molecule has 3 atom stereocenters. The van der Waals surface area contributed by atoms with Crippen molar-refractivity contribution in [3.8, 4) is 5.75 Å². The Hall–Kier alpha value is -3.76. The zero-order chi connectivity index (χ0) is 22.7. The number of ether oxygens (including phenoxy) is 2. The van der Waals surface area contributed by atoms with Gasteiger partial charge < -0.3 is 14.8 Å². The molecule has 1 aromatic carbocycles. The standard InChI is InChI=1S/C20H21N3O8/c1-11(18(25)21-15-9-12(23(28)29)7-8-16(15)30-2)31-17(24)10-22-19(26)13-5-3-4-6-14(13)20(22)27/h3-4,7-9,11,13-14H,5-6,10H2,1-2H3,(H,21,25)/t11-,13+,14+/m0/s1. The predicted octanol–water partition coefficient (Wildman–Crippen LogP) is 1.42. The second kappa shape index (κ2) is 8.94. The van der Waals surface area contributed by atoms with E-state index in [0.29, 0.717) is 12.8 Å². The molecular formula is C20H21N3O8. The summed E-state index contributed by atoms with van der Waals surface area (Å²) < 4.78 is 10.1. The zero-order valence-electron chi connectivity index (χ0n) is 16.9. The number of nitrogens with zero attached hydrogens (tertiary/aromatic N) is 2. The van der Waals surface area contributed by atoms with Crippen molar-refractivity contribution in [3.05, 3.63) is 40.5 Å². The van der Waals surface area contributed by atoms with Gasteiger partial charge in [-0.05, 0) is 25.8 Å². The first-order valence-electron chi connectivity index (χ1n) is 9.56. The van der Waals surface area contributed by atoms with E-state index in [1.165, 1.54) is 26.2 Å². The molecule has 31 heavy (non-hydrogen) atoms. The minimum Gasteiger partial charge on any atom is -0.495 e. The average molecular weight is 431 g/mol. The third-order valence-corrected chi connectivity index (χ3v) is 5.22. The summed E-state index contributed by atoms with van der Waals surface area (Å²) in [5.41, 5.74) is -0.228. The Kier molecular flexibility index (Phi) is 6.33. The van der Waals surface area contributed by atoms with Gasteiger partial charge in [-0.2, -0.15) is 0 Å². The molecule has 0 spiro atoms. The molecule has 164 valence electrons. The number of nitro groups is 1. The van der Waals surface area contributed by atoms with E-state index in [-0.39, 0.29) is 17.1 Å². The van der Waals surface area contributed by atoms with Gasteiger partial charge in [-0.15, -0.1) is 0 Å². The molecule has 0 unspecified atom stereocenters. The molecule has 2 aliphatic rings. The van der Waals surface area contributed by atoms with Crippen LogP contribution in [0, 0.1) is 22.0 Å². The number of esters is 1. The highest BCUT2D eigenvalue weighted by Crippen LogP contribution is 2.35. The van der Waals surface area contributed by atoms with E-state index in [1.54, 1.807) is 0 Å². The first kappa shape index (κ1) is 21.9. The summed E-state index contributed by atoms with van der Waals surface area (Å²) in [4.78, 5) is 60.7. The predicted molar refractivity (Wildman–Crippen MR) is 106 cm³/mol.